The lowest BCUT2D eigenvalue weighted by Gasteiger charge is -2.23. The summed E-state index contributed by atoms with van der Waals surface area (Å²) in [6, 6.07) is 8.40. The number of benzene rings is 1. The Labute approximate surface area is 148 Å². The average molecular weight is 343 g/mol. The van der Waals surface area contributed by atoms with Gasteiger partial charge in [0, 0.05) is 42.5 Å². The molecule has 0 saturated carbocycles. The second kappa shape index (κ2) is 8.53. The molecule has 0 N–H and O–H groups in total. The number of hydrogen-bond acceptors (Lipinski definition) is 6. The molecule has 0 spiro atoms. The molecule has 1 heterocycles. The van der Waals surface area contributed by atoms with E-state index in [1.54, 1.807) is 12.1 Å². The molecule has 0 radical (unpaired) electrons. The average Bonchev–Trinajstić information content (AvgIpc) is 2.58. The van der Waals surface area contributed by atoms with Crippen molar-refractivity contribution in [3.8, 4) is 11.4 Å². The summed E-state index contributed by atoms with van der Waals surface area (Å²) >= 11 is 0. The standard InChI is InChI=1S/C18H25N5O2/c1-5-22(11-7-10-21(3)4)17-12-14(2)19-18(20-17)15-8-6-9-16(13-15)23(24)25/h6,8-9,12-13H,5,7,10-11H2,1-4H3. The lowest BCUT2D eigenvalue weighted by atomic mass is 10.2. The molecule has 1 aromatic heterocycles. The summed E-state index contributed by atoms with van der Waals surface area (Å²) in [5.74, 6) is 1.38. The van der Waals surface area contributed by atoms with Gasteiger partial charge in [-0.25, -0.2) is 9.97 Å². The first kappa shape index (κ1) is 18.8. The third-order valence-electron chi connectivity index (χ3n) is 3.89. The molecule has 0 amide bonds. The van der Waals surface area contributed by atoms with Gasteiger partial charge in [-0.1, -0.05) is 12.1 Å². The molecule has 25 heavy (non-hydrogen) atoms. The summed E-state index contributed by atoms with van der Waals surface area (Å²) in [4.78, 5) is 24.1. The second-order valence-electron chi connectivity index (χ2n) is 6.24. The number of nitro benzene ring substituents is 1. The molecule has 7 nitrogen and oxygen atoms in total. The van der Waals surface area contributed by atoms with Crippen molar-refractivity contribution < 1.29 is 4.92 Å². The molecule has 0 fully saturated rings. The molecule has 134 valence electrons. The SMILES string of the molecule is CCN(CCCN(C)C)c1cc(C)nc(-c2cccc([N+](=O)[O-])c2)n1. The van der Waals surface area contributed by atoms with Crippen molar-refractivity contribution in [1.82, 2.24) is 14.9 Å². The van der Waals surface area contributed by atoms with Crippen molar-refractivity contribution in [3.05, 3.63) is 46.1 Å². The van der Waals surface area contributed by atoms with E-state index in [-0.39, 0.29) is 5.69 Å². The third kappa shape index (κ3) is 5.22. The van der Waals surface area contributed by atoms with E-state index in [0.29, 0.717) is 11.4 Å². The van der Waals surface area contributed by atoms with Crippen molar-refractivity contribution in [2.75, 3.05) is 38.6 Å². The van der Waals surface area contributed by atoms with Crippen LogP contribution in [0.5, 0.6) is 0 Å². The van der Waals surface area contributed by atoms with E-state index < -0.39 is 4.92 Å². The Balaban J connectivity index is 2.30. The van der Waals surface area contributed by atoms with E-state index in [0.717, 1.165) is 37.6 Å². The van der Waals surface area contributed by atoms with Crippen molar-refractivity contribution in [2.24, 2.45) is 0 Å². The predicted octanol–water partition coefficient (Wildman–Crippen LogP) is 3.14. The highest BCUT2D eigenvalue weighted by molar-refractivity contribution is 5.61. The summed E-state index contributed by atoms with van der Waals surface area (Å²) < 4.78 is 0. The molecule has 0 aliphatic carbocycles. The first-order chi connectivity index (χ1) is 11.9. The summed E-state index contributed by atoms with van der Waals surface area (Å²) in [5, 5.41) is 11.0. The van der Waals surface area contributed by atoms with Gasteiger partial charge in [-0.3, -0.25) is 10.1 Å². The quantitative estimate of drug-likeness (QED) is 0.541. The van der Waals surface area contributed by atoms with Crippen LogP contribution in [-0.4, -0.2) is 53.5 Å². The topological polar surface area (TPSA) is 75.4 Å². The van der Waals surface area contributed by atoms with Gasteiger partial charge in [0.15, 0.2) is 5.82 Å². The molecule has 7 heteroatoms. The number of non-ortho nitro benzene ring substituents is 1. The highest BCUT2D eigenvalue weighted by atomic mass is 16.6. The zero-order valence-corrected chi connectivity index (χ0v) is 15.3. The second-order valence-corrected chi connectivity index (χ2v) is 6.24. The van der Waals surface area contributed by atoms with Crippen LogP contribution in [0.1, 0.15) is 19.0 Å². The number of anilines is 1. The number of rotatable bonds is 8. The number of nitro groups is 1. The number of nitrogens with zero attached hydrogens (tertiary/aromatic N) is 5. The van der Waals surface area contributed by atoms with Crippen LogP contribution < -0.4 is 4.90 Å². The minimum absolute atomic E-state index is 0.0440. The fraction of sp³-hybridized carbons (Fsp3) is 0.444. The maximum absolute atomic E-state index is 11.0. The highest BCUT2D eigenvalue weighted by Gasteiger charge is 2.13. The van der Waals surface area contributed by atoms with Crippen molar-refractivity contribution >= 4 is 11.5 Å². The Hall–Kier alpha value is -2.54. The fourth-order valence-corrected chi connectivity index (χ4v) is 2.61. The van der Waals surface area contributed by atoms with Gasteiger partial charge >= 0.3 is 0 Å². The van der Waals surface area contributed by atoms with E-state index in [1.807, 2.05) is 13.0 Å². The lowest BCUT2D eigenvalue weighted by molar-refractivity contribution is -0.384. The Morgan fingerprint density at radius 1 is 1.16 bits per heavy atom. The van der Waals surface area contributed by atoms with Crippen LogP contribution in [0.25, 0.3) is 11.4 Å². The van der Waals surface area contributed by atoms with Crippen LogP contribution in [0, 0.1) is 17.0 Å². The molecule has 2 aromatic rings. The molecule has 0 aliphatic heterocycles. The Morgan fingerprint density at radius 3 is 2.56 bits per heavy atom. The summed E-state index contributed by atoms with van der Waals surface area (Å²) in [7, 11) is 4.12. The largest absolute Gasteiger partial charge is 0.357 e. The van der Waals surface area contributed by atoms with E-state index in [4.69, 9.17) is 0 Å². The van der Waals surface area contributed by atoms with Crippen LogP contribution in [0.3, 0.4) is 0 Å². The maximum atomic E-state index is 11.0. The number of aromatic nitrogens is 2. The molecule has 2 rings (SSSR count). The minimum atomic E-state index is -0.403. The smallest absolute Gasteiger partial charge is 0.270 e. The van der Waals surface area contributed by atoms with Gasteiger partial charge in [0.1, 0.15) is 5.82 Å². The lowest BCUT2D eigenvalue weighted by Crippen LogP contribution is -2.28. The molecule has 0 saturated heterocycles. The van der Waals surface area contributed by atoms with Gasteiger partial charge < -0.3 is 9.80 Å². The molecule has 0 unspecified atom stereocenters. The van der Waals surface area contributed by atoms with Gasteiger partial charge in [0.05, 0.1) is 4.92 Å². The molecular formula is C18H25N5O2. The molecule has 1 aromatic carbocycles. The maximum Gasteiger partial charge on any atom is 0.270 e. The van der Waals surface area contributed by atoms with Crippen LogP contribution in [0.4, 0.5) is 11.5 Å². The Morgan fingerprint density at radius 2 is 1.92 bits per heavy atom. The van der Waals surface area contributed by atoms with Gasteiger partial charge in [0.25, 0.3) is 5.69 Å². The van der Waals surface area contributed by atoms with Gasteiger partial charge in [-0.15, -0.1) is 0 Å². The monoisotopic (exact) mass is 343 g/mol. The summed E-state index contributed by atoms with van der Waals surface area (Å²) in [6.07, 6.45) is 1.04. The normalized spacial score (nSPS) is 10.9. The number of aryl methyl sites for hydroxylation is 1. The zero-order chi connectivity index (χ0) is 18.4. The van der Waals surface area contributed by atoms with Crippen LogP contribution in [-0.2, 0) is 0 Å². The van der Waals surface area contributed by atoms with Crippen LogP contribution in [0.15, 0.2) is 30.3 Å². The molecule has 0 aliphatic rings. The van der Waals surface area contributed by atoms with E-state index >= 15 is 0 Å². The van der Waals surface area contributed by atoms with E-state index in [9.17, 15) is 10.1 Å². The summed E-state index contributed by atoms with van der Waals surface area (Å²) in [5.41, 5.74) is 1.54. The van der Waals surface area contributed by atoms with Gasteiger partial charge in [-0.2, -0.15) is 0 Å². The molecule has 0 bridgehead atoms. The first-order valence-electron chi connectivity index (χ1n) is 8.41. The highest BCUT2D eigenvalue weighted by Crippen LogP contribution is 2.23. The van der Waals surface area contributed by atoms with Crippen molar-refractivity contribution in [1.29, 1.82) is 0 Å². The van der Waals surface area contributed by atoms with Crippen molar-refractivity contribution in [3.63, 3.8) is 0 Å². The first-order valence-corrected chi connectivity index (χ1v) is 8.41. The number of hydrogen-bond donors (Lipinski definition) is 0. The predicted molar refractivity (Wildman–Crippen MR) is 99.9 cm³/mol. The minimum Gasteiger partial charge on any atom is -0.357 e. The fourth-order valence-electron chi connectivity index (χ4n) is 2.61. The molecule has 0 atom stereocenters. The summed E-state index contributed by atoms with van der Waals surface area (Å²) in [6.45, 7) is 6.77. The zero-order valence-electron chi connectivity index (χ0n) is 15.3. The van der Waals surface area contributed by atoms with E-state index in [2.05, 4.69) is 40.8 Å². The van der Waals surface area contributed by atoms with Gasteiger partial charge in [-0.05, 0) is 40.9 Å². The Kier molecular flexibility index (Phi) is 6.41. The Bertz CT molecular complexity index is 733. The third-order valence-corrected chi connectivity index (χ3v) is 3.89. The van der Waals surface area contributed by atoms with Crippen molar-refractivity contribution in [2.45, 2.75) is 20.3 Å². The van der Waals surface area contributed by atoms with Crippen LogP contribution in [0.2, 0.25) is 0 Å². The van der Waals surface area contributed by atoms with Gasteiger partial charge in [0.2, 0.25) is 0 Å². The molecular weight excluding hydrogens is 318 g/mol. The van der Waals surface area contributed by atoms with E-state index in [1.165, 1.54) is 12.1 Å². The van der Waals surface area contributed by atoms with Crippen LogP contribution >= 0.6 is 0 Å².